The van der Waals surface area contributed by atoms with Crippen molar-refractivity contribution in [2.45, 2.75) is 64.7 Å². The molecule has 1 fully saturated rings. The summed E-state index contributed by atoms with van der Waals surface area (Å²) in [6.07, 6.45) is 3.61. The Morgan fingerprint density at radius 2 is 2.05 bits per heavy atom. The van der Waals surface area contributed by atoms with Gasteiger partial charge < -0.3 is 5.32 Å². The number of hydrogen-bond acceptors (Lipinski definition) is 2. The van der Waals surface area contributed by atoms with Gasteiger partial charge in [-0.15, -0.1) is 0 Å². The summed E-state index contributed by atoms with van der Waals surface area (Å²) in [5.74, 6) is -0.0982. The van der Waals surface area contributed by atoms with Crippen LogP contribution in [0.5, 0.6) is 0 Å². The van der Waals surface area contributed by atoms with E-state index in [9.17, 15) is 4.39 Å². The SMILES string of the molecule is CCC(C)(C)N(C)Cc1cc(CNC2CC2)ccc1F. The summed E-state index contributed by atoms with van der Waals surface area (Å²) >= 11 is 0. The molecular weight excluding hydrogens is 251 g/mol. The third-order valence-corrected chi connectivity index (χ3v) is 4.59. The average molecular weight is 278 g/mol. The molecule has 0 atom stereocenters. The Labute approximate surface area is 122 Å². The predicted octanol–water partition coefficient (Wildman–Crippen LogP) is 3.70. The molecule has 2 nitrogen and oxygen atoms in total. The molecule has 20 heavy (non-hydrogen) atoms. The van der Waals surface area contributed by atoms with E-state index in [0.29, 0.717) is 12.6 Å². The van der Waals surface area contributed by atoms with Crippen molar-refractivity contribution in [1.29, 1.82) is 0 Å². The normalized spacial score (nSPS) is 15.9. The topological polar surface area (TPSA) is 15.3 Å². The Balaban J connectivity index is 2.03. The number of rotatable bonds is 7. The molecule has 0 unspecified atom stereocenters. The third kappa shape index (κ3) is 4.03. The molecule has 0 amide bonds. The average Bonchev–Trinajstić information content (AvgIpc) is 3.23. The van der Waals surface area contributed by atoms with Gasteiger partial charge in [0.25, 0.3) is 0 Å². The van der Waals surface area contributed by atoms with Gasteiger partial charge in [0.05, 0.1) is 0 Å². The molecule has 2 rings (SSSR count). The Bertz CT molecular complexity index is 452. The molecule has 112 valence electrons. The Morgan fingerprint density at radius 1 is 1.35 bits per heavy atom. The molecule has 0 aromatic heterocycles. The molecule has 1 aromatic carbocycles. The number of halogens is 1. The van der Waals surface area contributed by atoms with Crippen molar-refractivity contribution in [2.24, 2.45) is 0 Å². The molecule has 0 spiro atoms. The fraction of sp³-hybridized carbons (Fsp3) is 0.647. The van der Waals surface area contributed by atoms with Crippen LogP contribution in [0.3, 0.4) is 0 Å². The van der Waals surface area contributed by atoms with Gasteiger partial charge in [0.2, 0.25) is 0 Å². The van der Waals surface area contributed by atoms with Crippen molar-refractivity contribution >= 4 is 0 Å². The largest absolute Gasteiger partial charge is 0.310 e. The summed E-state index contributed by atoms with van der Waals surface area (Å²) in [6, 6.07) is 6.18. The second-order valence-corrected chi connectivity index (χ2v) is 6.60. The highest BCUT2D eigenvalue weighted by atomic mass is 19.1. The van der Waals surface area contributed by atoms with Gasteiger partial charge in [-0.1, -0.05) is 19.1 Å². The molecule has 1 saturated carbocycles. The molecule has 0 heterocycles. The van der Waals surface area contributed by atoms with Gasteiger partial charge in [0.15, 0.2) is 0 Å². The van der Waals surface area contributed by atoms with Crippen LogP contribution in [0.15, 0.2) is 18.2 Å². The molecule has 1 aliphatic rings. The van der Waals surface area contributed by atoms with Crippen molar-refractivity contribution in [3.63, 3.8) is 0 Å². The smallest absolute Gasteiger partial charge is 0.127 e. The van der Waals surface area contributed by atoms with Gasteiger partial charge in [0.1, 0.15) is 5.82 Å². The summed E-state index contributed by atoms with van der Waals surface area (Å²) in [4.78, 5) is 2.23. The van der Waals surface area contributed by atoms with E-state index in [2.05, 4.69) is 38.0 Å². The molecule has 0 saturated heterocycles. The first-order chi connectivity index (χ1) is 9.42. The van der Waals surface area contributed by atoms with Crippen molar-refractivity contribution in [3.8, 4) is 0 Å². The fourth-order valence-corrected chi connectivity index (χ4v) is 2.15. The second-order valence-electron chi connectivity index (χ2n) is 6.60. The first-order valence-corrected chi connectivity index (χ1v) is 7.64. The van der Waals surface area contributed by atoms with E-state index >= 15 is 0 Å². The molecule has 0 radical (unpaired) electrons. The zero-order valence-corrected chi connectivity index (χ0v) is 13.2. The van der Waals surface area contributed by atoms with Crippen LogP contribution < -0.4 is 5.32 Å². The summed E-state index contributed by atoms with van der Waals surface area (Å²) < 4.78 is 14.0. The van der Waals surface area contributed by atoms with Crippen molar-refractivity contribution in [2.75, 3.05) is 7.05 Å². The Kier molecular flexibility index (Phi) is 4.82. The lowest BCUT2D eigenvalue weighted by atomic mass is 9.99. The minimum Gasteiger partial charge on any atom is -0.310 e. The van der Waals surface area contributed by atoms with Crippen molar-refractivity contribution in [1.82, 2.24) is 10.2 Å². The van der Waals surface area contributed by atoms with Crippen molar-refractivity contribution in [3.05, 3.63) is 35.1 Å². The number of nitrogens with one attached hydrogen (secondary N) is 1. The van der Waals surface area contributed by atoms with Crippen LogP contribution in [-0.4, -0.2) is 23.5 Å². The van der Waals surface area contributed by atoms with Crippen LogP contribution in [0.1, 0.15) is 51.2 Å². The van der Waals surface area contributed by atoms with Crippen LogP contribution in [0, 0.1) is 5.82 Å². The van der Waals surface area contributed by atoms with Crippen LogP contribution in [0.4, 0.5) is 4.39 Å². The summed E-state index contributed by atoms with van der Waals surface area (Å²) in [5, 5.41) is 3.48. The van der Waals surface area contributed by atoms with Gasteiger partial charge in [-0.3, -0.25) is 4.90 Å². The lowest BCUT2D eigenvalue weighted by Crippen LogP contribution is -2.40. The fourth-order valence-electron chi connectivity index (χ4n) is 2.15. The van der Waals surface area contributed by atoms with Gasteiger partial charge >= 0.3 is 0 Å². The second kappa shape index (κ2) is 6.23. The monoisotopic (exact) mass is 278 g/mol. The summed E-state index contributed by atoms with van der Waals surface area (Å²) in [5.41, 5.74) is 2.06. The maximum atomic E-state index is 14.0. The third-order valence-electron chi connectivity index (χ3n) is 4.59. The molecular formula is C17H27FN2. The predicted molar refractivity (Wildman–Crippen MR) is 82.1 cm³/mol. The number of nitrogens with zero attached hydrogens (tertiary/aromatic N) is 1. The minimum absolute atomic E-state index is 0.0920. The molecule has 1 N–H and O–H groups in total. The van der Waals surface area contributed by atoms with Crippen LogP contribution in [0.2, 0.25) is 0 Å². The van der Waals surface area contributed by atoms with E-state index < -0.39 is 0 Å². The Morgan fingerprint density at radius 3 is 2.65 bits per heavy atom. The van der Waals surface area contributed by atoms with Crippen LogP contribution in [-0.2, 0) is 13.1 Å². The lowest BCUT2D eigenvalue weighted by Gasteiger charge is -2.35. The minimum atomic E-state index is -0.0982. The van der Waals surface area contributed by atoms with Gasteiger partial charge in [-0.05, 0) is 51.8 Å². The quantitative estimate of drug-likeness (QED) is 0.818. The summed E-state index contributed by atoms with van der Waals surface area (Å²) in [6.45, 7) is 8.07. The van der Waals surface area contributed by atoms with Crippen molar-refractivity contribution < 1.29 is 4.39 Å². The van der Waals surface area contributed by atoms with Gasteiger partial charge in [-0.25, -0.2) is 4.39 Å². The van der Waals surface area contributed by atoms with Gasteiger partial charge in [0, 0.05) is 30.2 Å². The first kappa shape index (κ1) is 15.5. The molecule has 1 aromatic rings. The highest BCUT2D eigenvalue weighted by Crippen LogP contribution is 2.22. The van der Waals surface area contributed by atoms with E-state index in [1.165, 1.54) is 18.4 Å². The van der Waals surface area contributed by atoms with Gasteiger partial charge in [-0.2, -0.15) is 0 Å². The van der Waals surface area contributed by atoms with E-state index in [-0.39, 0.29) is 11.4 Å². The molecule has 3 heteroatoms. The maximum Gasteiger partial charge on any atom is 0.127 e. The number of benzene rings is 1. The van der Waals surface area contributed by atoms with Crippen LogP contribution in [0.25, 0.3) is 0 Å². The van der Waals surface area contributed by atoms with E-state index in [1.54, 1.807) is 6.07 Å². The Hall–Kier alpha value is -0.930. The molecule has 0 bridgehead atoms. The zero-order valence-electron chi connectivity index (χ0n) is 13.2. The lowest BCUT2D eigenvalue weighted by molar-refractivity contribution is 0.141. The zero-order chi connectivity index (χ0) is 14.8. The summed E-state index contributed by atoms with van der Waals surface area (Å²) in [7, 11) is 2.07. The maximum absolute atomic E-state index is 14.0. The van der Waals surface area contributed by atoms with E-state index in [0.717, 1.165) is 18.5 Å². The van der Waals surface area contributed by atoms with E-state index in [4.69, 9.17) is 0 Å². The first-order valence-electron chi connectivity index (χ1n) is 7.64. The highest BCUT2D eigenvalue weighted by Gasteiger charge is 2.22. The number of hydrogen-bond donors (Lipinski definition) is 1. The molecule has 1 aliphatic carbocycles. The highest BCUT2D eigenvalue weighted by molar-refractivity contribution is 5.25. The molecule has 0 aliphatic heterocycles. The van der Waals surface area contributed by atoms with E-state index in [1.807, 2.05) is 12.1 Å². The standard InChI is InChI=1S/C17H27FN2/c1-5-17(2,3)20(4)12-14-10-13(6-9-16(14)18)11-19-15-7-8-15/h6,9-10,15,19H,5,7-8,11-12H2,1-4H3. The van der Waals surface area contributed by atoms with Crippen LogP contribution >= 0.6 is 0 Å².